The van der Waals surface area contributed by atoms with Crippen molar-refractivity contribution in [3.63, 3.8) is 0 Å². The van der Waals surface area contributed by atoms with Crippen molar-refractivity contribution in [1.29, 1.82) is 0 Å². The molecule has 3 rings (SSSR count). The fourth-order valence-corrected chi connectivity index (χ4v) is 2.46. The van der Waals surface area contributed by atoms with Gasteiger partial charge in [-0.15, -0.1) is 0 Å². The lowest BCUT2D eigenvalue weighted by Crippen LogP contribution is -2.30. The third-order valence-electron chi connectivity index (χ3n) is 3.03. The Hall–Kier alpha value is -2.09. The van der Waals surface area contributed by atoms with Crippen molar-refractivity contribution in [3.8, 4) is 0 Å². The number of halogens is 1. The van der Waals surface area contributed by atoms with Gasteiger partial charge in [-0.05, 0) is 40.3 Å². The van der Waals surface area contributed by atoms with E-state index in [9.17, 15) is 9.59 Å². The van der Waals surface area contributed by atoms with E-state index in [2.05, 4.69) is 5.32 Å². The zero-order chi connectivity index (χ0) is 14.8. The van der Waals surface area contributed by atoms with Crippen LogP contribution in [0.3, 0.4) is 0 Å². The van der Waals surface area contributed by atoms with Gasteiger partial charge in [0, 0.05) is 6.08 Å². The third-order valence-corrected chi connectivity index (χ3v) is 3.61. The fraction of sp³-hybridized carbons (Fsp3) is 0.0667. The minimum Gasteiger partial charge on any atom is -0.451 e. The first kappa shape index (κ1) is 13.9. The van der Waals surface area contributed by atoms with Crippen LogP contribution in [-0.2, 0) is 11.3 Å². The molecule has 1 aliphatic heterocycles. The van der Waals surface area contributed by atoms with E-state index in [-0.39, 0.29) is 18.1 Å². The van der Waals surface area contributed by atoms with Gasteiger partial charge in [-0.25, -0.2) is 4.79 Å². The Labute approximate surface area is 134 Å². The molecular formula is C15H11IN2O3. The van der Waals surface area contributed by atoms with Gasteiger partial charge in [0.1, 0.15) is 11.5 Å². The predicted molar refractivity (Wildman–Crippen MR) is 84.9 cm³/mol. The maximum absolute atomic E-state index is 12.3. The number of nitrogens with one attached hydrogen (secondary N) is 1. The summed E-state index contributed by atoms with van der Waals surface area (Å²) in [5, 5.41) is 2.57. The highest BCUT2D eigenvalue weighted by Gasteiger charge is 2.33. The van der Waals surface area contributed by atoms with Gasteiger partial charge < -0.3 is 9.73 Å². The number of amides is 3. The molecular weight excluding hydrogens is 383 g/mol. The summed E-state index contributed by atoms with van der Waals surface area (Å²) in [6.07, 6.45) is 1.54. The smallest absolute Gasteiger partial charge is 0.329 e. The van der Waals surface area contributed by atoms with Crippen LogP contribution in [-0.4, -0.2) is 16.8 Å². The van der Waals surface area contributed by atoms with E-state index in [1.54, 1.807) is 12.1 Å². The van der Waals surface area contributed by atoms with Gasteiger partial charge in [-0.3, -0.25) is 9.69 Å². The summed E-state index contributed by atoms with van der Waals surface area (Å²) in [6.45, 7) is 0.249. The number of carbonyl (C=O) groups is 2. The first-order valence-electron chi connectivity index (χ1n) is 6.27. The molecule has 5 nitrogen and oxygen atoms in total. The van der Waals surface area contributed by atoms with Crippen LogP contribution in [0, 0.1) is 3.77 Å². The van der Waals surface area contributed by atoms with E-state index in [0.717, 1.165) is 9.33 Å². The topological polar surface area (TPSA) is 62.6 Å². The maximum Gasteiger partial charge on any atom is 0.329 e. The predicted octanol–water partition coefficient (Wildman–Crippen LogP) is 2.98. The highest BCUT2D eigenvalue weighted by atomic mass is 127. The lowest BCUT2D eigenvalue weighted by molar-refractivity contribution is -0.123. The van der Waals surface area contributed by atoms with E-state index in [0.29, 0.717) is 5.76 Å². The molecule has 1 aromatic carbocycles. The minimum atomic E-state index is -0.420. The van der Waals surface area contributed by atoms with Crippen molar-refractivity contribution in [2.75, 3.05) is 0 Å². The summed E-state index contributed by atoms with van der Waals surface area (Å²) in [6, 6.07) is 12.5. The number of benzene rings is 1. The van der Waals surface area contributed by atoms with E-state index >= 15 is 0 Å². The van der Waals surface area contributed by atoms with Gasteiger partial charge in [0.05, 0.1) is 6.54 Å². The molecule has 2 heterocycles. The maximum atomic E-state index is 12.3. The van der Waals surface area contributed by atoms with Crippen LogP contribution in [0.2, 0.25) is 0 Å². The number of urea groups is 1. The summed E-state index contributed by atoms with van der Waals surface area (Å²) < 4.78 is 6.09. The summed E-state index contributed by atoms with van der Waals surface area (Å²) in [5.74, 6) is 0.180. The average molecular weight is 394 g/mol. The molecule has 1 saturated heterocycles. The number of rotatable bonds is 3. The van der Waals surface area contributed by atoms with Crippen LogP contribution in [0.4, 0.5) is 4.79 Å². The zero-order valence-corrected chi connectivity index (χ0v) is 13.0. The van der Waals surface area contributed by atoms with Crippen LogP contribution in [0.1, 0.15) is 11.3 Å². The highest BCUT2D eigenvalue weighted by Crippen LogP contribution is 2.18. The number of hydrogen-bond acceptors (Lipinski definition) is 3. The van der Waals surface area contributed by atoms with E-state index in [1.807, 2.05) is 52.9 Å². The second-order valence-corrected chi connectivity index (χ2v) is 5.57. The number of imide groups is 1. The van der Waals surface area contributed by atoms with Crippen molar-refractivity contribution in [3.05, 3.63) is 63.3 Å². The van der Waals surface area contributed by atoms with E-state index < -0.39 is 6.03 Å². The SMILES string of the molecule is O=C1N/C(=C\c2ccc(I)o2)C(=O)N1Cc1ccccc1. The summed E-state index contributed by atoms with van der Waals surface area (Å²) in [4.78, 5) is 25.4. The molecule has 1 fully saturated rings. The van der Waals surface area contributed by atoms with Crippen LogP contribution in [0.25, 0.3) is 6.08 Å². The van der Waals surface area contributed by atoms with E-state index in [4.69, 9.17) is 4.42 Å². The van der Waals surface area contributed by atoms with Crippen LogP contribution in [0.5, 0.6) is 0 Å². The molecule has 0 bridgehead atoms. The molecule has 0 spiro atoms. The molecule has 0 atom stereocenters. The van der Waals surface area contributed by atoms with Gasteiger partial charge in [0.25, 0.3) is 5.91 Å². The van der Waals surface area contributed by atoms with Gasteiger partial charge in [0.2, 0.25) is 0 Å². The lowest BCUT2D eigenvalue weighted by Gasteiger charge is -2.11. The molecule has 21 heavy (non-hydrogen) atoms. The first-order valence-corrected chi connectivity index (χ1v) is 7.35. The molecule has 1 aromatic heterocycles. The van der Waals surface area contributed by atoms with Crippen molar-refractivity contribution in [1.82, 2.24) is 10.2 Å². The largest absolute Gasteiger partial charge is 0.451 e. The summed E-state index contributed by atoms with van der Waals surface area (Å²) >= 11 is 2.04. The fourth-order valence-electron chi connectivity index (χ4n) is 2.03. The first-order chi connectivity index (χ1) is 10.1. The van der Waals surface area contributed by atoms with Crippen molar-refractivity contribution in [2.24, 2.45) is 0 Å². The van der Waals surface area contributed by atoms with Gasteiger partial charge in [-0.2, -0.15) is 0 Å². The zero-order valence-electron chi connectivity index (χ0n) is 10.9. The molecule has 0 radical (unpaired) electrons. The number of furan rings is 1. The third kappa shape index (κ3) is 2.99. The molecule has 0 saturated carbocycles. The van der Waals surface area contributed by atoms with Gasteiger partial charge in [0.15, 0.2) is 3.77 Å². The number of hydrogen-bond donors (Lipinski definition) is 1. The normalized spacial score (nSPS) is 16.6. The molecule has 0 aliphatic carbocycles. The van der Waals surface area contributed by atoms with Crippen molar-refractivity contribution < 1.29 is 14.0 Å². The molecule has 3 amide bonds. The minimum absolute atomic E-state index is 0.224. The van der Waals surface area contributed by atoms with Gasteiger partial charge >= 0.3 is 6.03 Å². The molecule has 2 aromatic rings. The van der Waals surface area contributed by atoms with Gasteiger partial charge in [-0.1, -0.05) is 30.3 Å². The van der Waals surface area contributed by atoms with Crippen molar-refractivity contribution >= 4 is 40.6 Å². The number of carbonyl (C=O) groups excluding carboxylic acids is 2. The Morgan fingerprint density at radius 1 is 1.14 bits per heavy atom. The standard InChI is InChI=1S/C15H11IN2O3/c16-13-7-6-11(21-13)8-12-14(19)18(15(20)17-12)9-10-4-2-1-3-5-10/h1-8H,9H2,(H,17,20)/b12-8-. The highest BCUT2D eigenvalue weighted by molar-refractivity contribution is 14.1. The Morgan fingerprint density at radius 3 is 2.57 bits per heavy atom. The lowest BCUT2D eigenvalue weighted by atomic mass is 10.2. The Bertz CT molecular complexity index is 722. The molecule has 6 heteroatoms. The number of nitrogens with zero attached hydrogens (tertiary/aromatic N) is 1. The Balaban J connectivity index is 1.81. The molecule has 0 unspecified atom stereocenters. The summed E-state index contributed by atoms with van der Waals surface area (Å²) in [7, 11) is 0. The van der Waals surface area contributed by atoms with E-state index in [1.165, 1.54) is 11.0 Å². The second kappa shape index (κ2) is 5.72. The Morgan fingerprint density at radius 2 is 1.90 bits per heavy atom. The quantitative estimate of drug-likeness (QED) is 0.495. The van der Waals surface area contributed by atoms with Crippen LogP contribution < -0.4 is 5.32 Å². The molecule has 1 N–H and O–H groups in total. The van der Waals surface area contributed by atoms with Crippen molar-refractivity contribution in [2.45, 2.75) is 6.54 Å². The molecule has 1 aliphatic rings. The monoisotopic (exact) mass is 394 g/mol. The van der Waals surface area contributed by atoms with Crippen LogP contribution in [0.15, 0.2) is 52.6 Å². The Kier molecular flexibility index (Phi) is 3.78. The second-order valence-electron chi connectivity index (χ2n) is 4.51. The average Bonchev–Trinajstić information content (AvgIpc) is 2.99. The summed E-state index contributed by atoms with van der Waals surface area (Å²) in [5.41, 5.74) is 1.12. The molecule has 106 valence electrons. The van der Waals surface area contributed by atoms with Crippen LogP contribution >= 0.6 is 22.6 Å².